The van der Waals surface area contributed by atoms with E-state index < -0.39 is 0 Å². The Balaban J connectivity index is 2.60. The van der Waals surface area contributed by atoms with Gasteiger partial charge in [0, 0.05) is 17.5 Å². The van der Waals surface area contributed by atoms with Crippen molar-refractivity contribution in [3.63, 3.8) is 0 Å². The third-order valence-electron chi connectivity index (χ3n) is 2.76. The predicted octanol–water partition coefficient (Wildman–Crippen LogP) is 2.77. The van der Waals surface area contributed by atoms with Crippen molar-refractivity contribution in [1.82, 2.24) is 0 Å². The van der Waals surface area contributed by atoms with Crippen molar-refractivity contribution in [2.75, 3.05) is 0 Å². The maximum absolute atomic E-state index is 5.03. The molecule has 0 saturated heterocycles. The Morgan fingerprint density at radius 2 is 2.06 bits per heavy atom. The van der Waals surface area contributed by atoms with Crippen LogP contribution in [-0.4, -0.2) is 4.20 Å². The molecule has 3 heteroatoms. The summed E-state index contributed by atoms with van der Waals surface area (Å²) >= 11 is 9.22. The van der Waals surface area contributed by atoms with Crippen molar-refractivity contribution in [3.8, 4) is 0 Å². The van der Waals surface area contributed by atoms with Gasteiger partial charge in [-0.1, -0.05) is 23.8 Å². The Labute approximate surface area is 107 Å². The smallest absolute Gasteiger partial charge is 0.198 e. The second-order valence-electron chi connectivity index (χ2n) is 4.02. The first-order valence-corrected chi connectivity index (χ1v) is 6.03. The SMILES string of the molecule is Cc1ccc2c(ccc(CC(=S)S)[n+]2C)c1. The molecular formula is C13H14NS2+. The van der Waals surface area contributed by atoms with Crippen molar-refractivity contribution in [2.45, 2.75) is 13.3 Å². The minimum absolute atomic E-state index is 0.724. The van der Waals surface area contributed by atoms with Crippen LogP contribution in [0.25, 0.3) is 10.9 Å². The molecule has 0 N–H and O–H groups in total. The van der Waals surface area contributed by atoms with E-state index in [1.54, 1.807) is 0 Å². The molecule has 0 atom stereocenters. The Morgan fingerprint density at radius 1 is 1.31 bits per heavy atom. The largest absolute Gasteiger partial charge is 0.212 e. The van der Waals surface area contributed by atoms with Gasteiger partial charge >= 0.3 is 0 Å². The summed E-state index contributed by atoms with van der Waals surface area (Å²) in [6.45, 7) is 2.11. The van der Waals surface area contributed by atoms with Gasteiger partial charge in [0.25, 0.3) is 0 Å². The number of pyridine rings is 1. The Hall–Kier alpha value is -0.930. The summed E-state index contributed by atoms with van der Waals surface area (Å²) in [6, 6.07) is 10.7. The van der Waals surface area contributed by atoms with Gasteiger partial charge in [-0.2, -0.15) is 4.57 Å². The number of thiol groups is 1. The lowest BCUT2D eigenvalue weighted by molar-refractivity contribution is -0.652. The minimum Gasteiger partial charge on any atom is -0.198 e. The van der Waals surface area contributed by atoms with E-state index >= 15 is 0 Å². The number of aromatic nitrogens is 1. The van der Waals surface area contributed by atoms with E-state index in [1.807, 2.05) is 0 Å². The van der Waals surface area contributed by atoms with E-state index in [9.17, 15) is 0 Å². The monoisotopic (exact) mass is 248 g/mol. The first-order chi connectivity index (χ1) is 7.58. The lowest BCUT2D eigenvalue weighted by Crippen LogP contribution is -2.35. The van der Waals surface area contributed by atoms with Crippen LogP contribution < -0.4 is 4.57 Å². The Bertz CT molecular complexity index is 561. The van der Waals surface area contributed by atoms with Crippen LogP contribution in [0, 0.1) is 6.92 Å². The number of fused-ring (bicyclic) bond motifs is 1. The molecule has 0 aliphatic heterocycles. The molecule has 0 aliphatic carbocycles. The van der Waals surface area contributed by atoms with Gasteiger partial charge in [-0.05, 0) is 19.1 Å². The molecule has 2 rings (SSSR count). The van der Waals surface area contributed by atoms with Gasteiger partial charge in [0.2, 0.25) is 5.52 Å². The molecule has 0 radical (unpaired) electrons. The van der Waals surface area contributed by atoms with Crippen LogP contribution in [0.2, 0.25) is 0 Å². The normalized spacial score (nSPS) is 10.7. The number of nitrogens with zero attached hydrogens (tertiary/aromatic N) is 1. The van der Waals surface area contributed by atoms with E-state index in [0.29, 0.717) is 0 Å². The summed E-state index contributed by atoms with van der Waals surface area (Å²) in [4.78, 5) is 0. The fraction of sp³-hybridized carbons (Fsp3) is 0.231. The van der Waals surface area contributed by atoms with Gasteiger partial charge in [0.1, 0.15) is 7.05 Å². The average molecular weight is 248 g/mol. The molecular weight excluding hydrogens is 234 g/mol. The van der Waals surface area contributed by atoms with Crippen LogP contribution in [0.1, 0.15) is 11.3 Å². The van der Waals surface area contributed by atoms with Crippen molar-refractivity contribution < 1.29 is 4.57 Å². The summed E-state index contributed by atoms with van der Waals surface area (Å²) in [7, 11) is 2.07. The number of hydrogen-bond acceptors (Lipinski definition) is 1. The number of thiocarbonyl (C=S) groups is 1. The molecule has 1 aromatic heterocycles. The zero-order chi connectivity index (χ0) is 11.7. The molecule has 2 aromatic rings. The van der Waals surface area contributed by atoms with Crippen LogP contribution >= 0.6 is 24.8 Å². The van der Waals surface area contributed by atoms with Gasteiger partial charge in [0.15, 0.2) is 5.69 Å². The van der Waals surface area contributed by atoms with E-state index in [0.717, 1.165) is 10.6 Å². The second kappa shape index (κ2) is 4.52. The maximum atomic E-state index is 5.03. The Kier molecular flexibility index (Phi) is 3.26. The summed E-state index contributed by atoms with van der Waals surface area (Å²) in [5, 5.41) is 1.26. The first kappa shape index (κ1) is 11.6. The molecule has 82 valence electrons. The number of hydrogen-bond donors (Lipinski definition) is 1. The molecule has 1 heterocycles. The molecule has 1 aromatic carbocycles. The van der Waals surface area contributed by atoms with E-state index in [-0.39, 0.29) is 0 Å². The van der Waals surface area contributed by atoms with Crippen molar-refractivity contribution >= 4 is 39.9 Å². The molecule has 16 heavy (non-hydrogen) atoms. The van der Waals surface area contributed by atoms with Gasteiger partial charge in [-0.3, -0.25) is 0 Å². The highest BCUT2D eigenvalue weighted by atomic mass is 32.1. The van der Waals surface area contributed by atoms with Crippen LogP contribution in [0.15, 0.2) is 30.3 Å². The first-order valence-electron chi connectivity index (χ1n) is 5.18. The summed E-state index contributed by atoms with van der Waals surface area (Å²) < 4.78 is 2.90. The third-order valence-corrected chi connectivity index (χ3v) is 3.07. The van der Waals surface area contributed by atoms with E-state index in [4.69, 9.17) is 12.2 Å². The van der Waals surface area contributed by atoms with Crippen LogP contribution in [-0.2, 0) is 13.5 Å². The zero-order valence-corrected chi connectivity index (χ0v) is 11.1. The van der Waals surface area contributed by atoms with Gasteiger partial charge in [-0.25, -0.2) is 0 Å². The third kappa shape index (κ3) is 2.25. The highest BCUT2D eigenvalue weighted by Gasteiger charge is 2.11. The van der Waals surface area contributed by atoms with Crippen molar-refractivity contribution in [3.05, 3.63) is 41.6 Å². The quantitative estimate of drug-likeness (QED) is 0.486. The van der Waals surface area contributed by atoms with Crippen LogP contribution in [0.5, 0.6) is 0 Å². The average Bonchev–Trinajstić information content (AvgIpc) is 2.22. The van der Waals surface area contributed by atoms with Crippen LogP contribution in [0.4, 0.5) is 0 Å². The molecule has 0 fully saturated rings. The number of rotatable bonds is 2. The number of aryl methyl sites for hydroxylation is 2. The van der Waals surface area contributed by atoms with Crippen molar-refractivity contribution in [1.29, 1.82) is 0 Å². The van der Waals surface area contributed by atoms with Gasteiger partial charge < -0.3 is 0 Å². The fourth-order valence-electron chi connectivity index (χ4n) is 1.90. The summed E-state index contributed by atoms with van der Waals surface area (Å²) in [6.07, 6.45) is 0.735. The highest BCUT2D eigenvalue weighted by molar-refractivity contribution is 8.11. The van der Waals surface area contributed by atoms with Gasteiger partial charge in [0.05, 0.1) is 10.6 Å². The molecule has 0 aliphatic rings. The van der Waals surface area contributed by atoms with Gasteiger partial charge in [-0.15, -0.1) is 12.6 Å². The molecule has 0 amide bonds. The lowest BCUT2D eigenvalue weighted by Gasteiger charge is -2.03. The second-order valence-corrected chi connectivity index (χ2v) is 5.35. The number of benzene rings is 1. The van der Waals surface area contributed by atoms with E-state index in [2.05, 4.69) is 61.5 Å². The lowest BCUT2D eigenvalue weighted by atomic mass is 10.1. The predicted molar refractivity (Wildman–Crippen MR) is 75.1 cm³/mol. The molecule has 0 saturated carbocycles. The zero-order valence-electron chi connectivity index (χ0n) is 9.40. The fourth-order valence-corrected chi connectivity index (χ4v) is 2.21. The van der Waals surface area contributed by atoms with E-state index in [1.165, 1.54) is 22.2 Å². The summed E-state index contributed by atoms with van der Waals surface area (Å²) in [5.41, 5.74) is 3.70. The molecule has 0 bridgehead atoms. The molecule has 0 unspecified atom stereocenters. The Morgan fingerprint density at radius 3 is 2.75 bits per heavy atom. The maximum Gasteiger partial charge on any atom is 0.212 e. The molecule has 1 nitrogen and oxygen atoms in total. The summed E-state index contributed by atoms with van der Waals surface area (Å²) in [5.74, 6) is 0. The standard InChI is InChI=1S/C13H13NS2/c1-9-3-6-12-10(7-9)4-5-11(14(12)2)8-13(15)16/h3-7H,8H2,1-2H3/p+1. The van der Waals surface area contributed by atoms with Crippen molar-refractivity contribution in [2.24, 2.45) is 7.05 Å². The molecule has 0 spiro atoms. The minimum atomic E-state index is 0.724. The topological polar surface area (TPSA) is 3.88 Å². The van der Waals surface area contributed by atoms with Crippen LogP contribution in [0.3, 0.4) is 0 Å². The highest BCUT2D eigenvalue weighted by Crippen LogP contribution is 2.13.